The van der Waals surface area contributed by atoms with Gasteiger partial charge in [0, 0.05) is 36.1 Å². The molecule has 5 aliphatic rings. The number of allylic oxidation sites excluding steroid dienone is 1. The number of aliphatic hydroxyl groups is 2. The Morgan fingerprint density at radius 2 is 1.68 bits per heavy atom. The van der Waals surface area contributed by atoms with Gasteiger partial charge in [0.1, 0.15) is 0 Å². The number of hydrogen-bond donors (Lipinski definition) is 3. The summed E-state index contributed by atoms with van der Waals surface area (Å²) in [6, 6.07) is 8.87. The van der Waals surface area contributed by atoms with Crippen molar-refractivity contribution in [1.82, 2.24) is 0 Å². The van der Waals surface area contributed by atoms with Crippen molar-refractivity contribution in [1.29, 1.82) is 0 Å². The van der Waals surface area contributed by atoms with Gasteiger partial charge in [-0.05, 0) is 74.0 Å². The second kappa shape index (κ2) is 9.01. The van der Waals surface area contributed by atoms with Crippen LogP contribution >= 0.6 is 0 Å². The fourth-order valence-corrected chi connectivity index (χ4v) is 8.82. The fraction of sp³-hybridized carbons (Fsp3) is 0.697. The highest BCUT2D eigenvalue weighted by Gasteiger charge is 2.63. The summed E-state index contributed by atoms with van der Waals surface area (Å²) in [6.45, 7) is 10.6. The van der Waals surface area contributed by atoms with Crippen LogP contribution in [-0.4, -0.2) is 47.0 Å². The average molecular weight is 522 g/mol. The van der Waals surface area contributed by atoms with Crippen LogP contribution in [0, 0.1) is 22.7 Å². The van der Waals surface area contributed by atoms with E-state index in [-0.39, 0.29) is 16.7 Å². The monoisotopic (exact) mass is 521 g/mol. The Balaban J connectivity index is 1.41. The third-order valence-corrected chi connectivity index (χ3v) is 11.2. The first kappa shape index (κ1) is 26.7. The maximum Gasteiger partial charge on any atom is 0.171 e. The molecule has 6 rings (SSSR count). The average Bonchev–Trinajstić information content (AvgIpc) is 3.12. The molecule has 1 saturated heterocycles. The minimum absolute atomic E-state index is 0.00805. The summed E-state index contributed by atoms with van der Waals surface area (Å²) in [6.07, 6.45) is 10.7. The van der Waals surface area contributed by atoms with Crippen LogP contribution in [0.25, 0.3) is 6.08 Å². The number of nitrogens with two attached hydrogens (primary N) is 1. The van der Waals surface area contributed by atoms with Crippen molar-refractivity contribution in [3.05, 3.63) is 52.6 Å². The van der Waals surface area contributed by atoms with Crippen molar-refractivity contribution >= 4 is 6.08 Å². The van der Waals surface area contributed by atoms with E-state index >= 15 is 0 Å². The summed E-state index contributed by atoms with van der Waals surface area (Å²) in [5.41, 5.74) is 9.14. The molecule has 208 valence electrons. The summed E-state index contributed by atoms with van der Waals surface area (Å²) in [7, 11) is 0. The van der Waals surface area contributed by atoms with E-state index < -0.39 is 17.0 Å². The summed E-state index contributed by atoms with van der Waals surface area (Å²) in [5.74, 6) is 0.377. The second-order valence-corrected chi connectivity index (χ2v) is 14.3. The van der Waals surface area contributed by atoms with Crippen molar-refractivity contribution in [2.45, 2.75) is 102 Å². The van der Waals surface area contributed by atoms with Gasteiger partial charge in [-0.1, -0.05) is 62.8 Å². The summed E-state index contributed by atoms with van der Waals surface area (Å²) in [5, 5.41) is 23.9. The molecule has 5 nitrogen and oxygen atoms in total. The van der Waals surface area contributed by atoms with Gasteiger partial charge in [-0.2, -0.15) is 0 Å². The van der Waals surface area contributed by atoms with Crippen molar-refractivity contribution in [3.8, 4) is 0 Å². The highest BCUT2D eigenvalue weighted by Crippen LogP contribution is 2.67. The van der Waals surface area contributed by atoms with E-state index in [1.807, 2.05) is 6.08 Å². The third-order valence-electron chi connectivity index (χ3n) is 11.2. The molecule has 4 N–H and O–H groups in total. The van der Waals surface area contributed by atoms with Gasteiger partial charge in [0.25, 0.3) is 0 Å². The molecule has 5 heteroatoms. The molecule has 4 aliphatic carbocycles. The van der Waals surface area contributed by atoms with Gasteiger partial charge >= 0.3 is 0 Å². The van der Waals surface area contributed by atoms with Gasteiger partial charge in [-0.15, -0.1) is 0 Å². The van der Waals surface area contributed by atoms with E-state index in [1.165, 1.54) is 16.7 Å². The van der Waals surface area contributed by atoms with Crippen LogP contribution in [0.3, 0.4) is 0 Å². The Kier molecular flexibility index (Phi) is 6.33. The van der Waals surface area contributed by atoms with E-state index in [9.17, 15) is 10.2 Å². The molecule has 1 aromatic rings. The molecule has 1 heterocycles. The van der Waals surface area contributed by atoms with Crippen LogP contribution in [0.15, 0.2) is 41.5 Å². The first-order valence-corrected chi connectivity index (χ1v) is 14.8. The zero-order valence-electron chi connectivity index (χ0n) is 23.8. The topological polar surface area (TPSA) is 84.9 Å². The molecular weight excluding hydrogens is 474 g/mol. The predicted molar refractivity (Wildman–Crippen MR) is 150 cm³/mol. The van der Waals surface area contributed by atoms with E-state index in [2.05, 4.69) is 58.0 Å². The smallest absolute Gasteiger partial charge is 0.171 e. The van der Waals surface area contributed by atoms with Gasteiger partial charge < -0.3 is 25.4 Å². The molecule has 1 aliphatic heterocycles. The van der Waals surface area contributed by atoms with Gasteiger partial charge in [0.15, 0.2) is 5.79 Å². The third kappa shape index (κ3) is 4.16. The molecule has 3 saturated carbocycles. The maximum absolute atomic E-state index is 12.3. The first-order valence-electron chi connectivity index (χ1n) is 14.8. The minimum atomic E-state index is -0.886. The Labute approximate surface area is 228 Å². The first-order chi connectivity index (χ1) is 17.9. The molecule has 38 heavy (non-hydrogen) atoms. The van der Waals surface area contributed by atoms with Crippen LogP contribution in [0.2, 0.25) is 0 Å². The van der Waals surface area contributed by atoms with Crippen LogP contribution in [0.4, 0.5) is 0 Å². The normalized spacial score (nSPS) is 41.7. The SMILES string of the molecule is CC1(C)COC2(CCC3=C4C(CCC3(O)C2)C2CC[C@](C)(O)C2(C)C[C@@H]4c2ccc(/C=C/CN)cc2)OC1. The van der Waals surface area contributed by atoms with E-state index in [0.717, 1.165) is 50.5 Å². The molecule has 0 amide bonds. The molecule has 6 atom stereocenters. The Bertz CT molecular complexity index is 1120. The number of ether oxygens (including phenoxy) is 2. The molecule has 1 spiro atoms. The second-order valence-electron chi connectivity index (χ2n) is 14.3. The summed E-state index contributed by atoms with van der Waals surface area (Å²) in [4.78, 5) is 0. The van der Waals surface area contributed by atoms with E-state index in [0.29, 0.717) is 38.0 Å². The number of benzene rings is 1. The van der Waals surface area contributed by atoms with E-state index in [1.54, 1.807) is 0 Å². The molecular formula is C33H47NO4. The lowest BCUT2D eigenvalue weighted by Gasteiger charge is -2.58. The Morgan fingerprint density at radius 1 is 0.974 bits per heavy atom. The Hall–Kier alpha value is -1.50. The van der Waals surface area contributed by atoms with Crippen molar-refractivity contribution in [2.75, 3.05) is 19.8 Å². The van der Waals surface area contributed by atoms with Crippen LogP contribution in [0.5, 0.6) is 0 Å². The number of fused-ring (bicyclic) bond motifs is 4. The molecule has 0 aromatic heterocycles. The van der Waals surface area contributed by atoms with Crippen molar-refractivity contribution in [2.24, 2.45) is 28.4 Å². The van der Waals surface area contributed by atoms with E-state index in [4.69, 9.17) is 15.2 Å². The fourth-order valence-electron chi connectivity index (χ4n) is 8.82. The zero-order chi connectivity index (χ0) is 27.0. The molecule has 0 radical (unpaired) electrons. The molecule has 1 aromatic carbocycles. The zero-order valence-corrected chi connectivity index (χ0v) is 23.8. The quantitative estimate of drug-likeness (QED) is 0.444. The van der Waals surface area contributed by atoms with Gasteiger partial charge in [-0.25, -0.2) is 0 Å². The largest absolute Gasteiger partial charge is 0.390 e. The van der Waals surface area contributed by atoms with Gasteiger partial charge in [0.2, 0.25) is 0 Å². The van der Waals surface area contributed by atoms with Gasteiger partial charge in [-0.3, -0.25) is 0 Å². The lowest BCUT2D eigenvalue weighted by atomic mass is 9.50. The van der Waals surface area contributed by atoms with Gasteiger partial charge in [0.05, 0.1) is 24.4 Å². The predicted octanol–water partition coefficient (Wildman–Crippen LogP) is 5.70. The summed E-state index contributed by atoms with van der Waals surface area (Å²) < 4.78 is 12.8. The lowest BCUT2D eigenvalue weighted by molar-refractivity contribution is -0.322. The van der Waals surface area contributed by atoms with Crippen molar-refractivity contribution < 1.29 is 19.7 Å². The summed E-state index contributed by atoms with van der Waals surface area (Å²) >= 11 is 0. The molecule has 4 unspecified atom stereocenters. The number of hydrogen-bond acceptors (Lipinski definition) is 5. The lowest BCUT2D eigenvalue weighted by Crippen LogP contribution is -2.58. The highest BCUT2D eigenvalue weighted by atomic mass is 16.7. The highest BCUT2D eigenvalue weighted by molar-refractivity contribution is 5.52. The maximum atomic E-state index is 12.3. The van der Waals surface area contributed by atoms with Crippen LogP contribution < -0.4 is 5.73 Å². The standard InChI is InChI=1S/C33H47NO4/c1-29(2)20-37-33(38-21-29)16-13-27-28-24(11-15-32(27,36)19-33)26-12-14-31(4,35)30(26,3)18-25(28)23-9-7-22(8-10-23)6-5-17-34/h5-10,24-26,35-36H,11-21,34H2,1-4H3/b6-5+/t24?,25-,26?,30?,31+,32?/m1/s1. The van der Waals surface area contributed by atoms with Crippen LogP contribution in [-0.2, 0) is 9.47 Å². The molecule has 0 bridgehead atoms. The Morgan fingerprint density at radius 3 is 2.37 bits per heavy atom. The van der Waals surface area contributed by atoms with Crippen molar-refractivity contribution in [3.63, 3.8) is 0 Å². The number of rotatable bonds is 3. The van der Waals surface area contributed by atoms with Crippen LogP contribution in [0.1, 0.15) is 96.1 Å². The molecule has 4 fully saturated rings. The minimum Gasteiger partial charge on any atom is -0.390 e.